The number of halogens is 1. The van der Waals surface area contributed by atoms with Crippen LogP contribution in [0.2, 0.25) is 0 Å². The summed E-state index contributed by atoms with van der Waals surface area (Å²) < 4.78 is 10.8. The number of aromatic hydroxyl groups is 1. The van der Waals surface area contributed by atoms with Crippen molar-refractivity contribution in [2.75, 3.05) is 27.3 Å². The highest BCUT2D eigenvalue weighted by atomic mass is 35.5. The Morgan fingerprint density at radius 2 is 1.83 bits per heavy atom. The molecule has 29 heavy (non-hydrogen) atoms. The fourth-order valence-electron chi connectivity index (χ4n) is 5.16. The first-order valence-electron chi connectivity index (χ1n) is 9.99. The topological polar surface area (TPSA) is 62.2 Å². The number of rotatable bonds is 5. The Balaban J connectivity index is 0.00000240. The molecule has 0 bridgehead atoms. The monoisotopic (exact) mass is 419 g/mol. The Bertz CT molecular complexity index is 845. The maximum absolute atomic E-state index is 11.8. The molecule has 3 unspecified atom stereocenters. The number of fused-ring (bicyclic) bond motifs is 1. The molecule has 1 aliphatic carbocycles. The third-order valence-electron chi connectivity index (χ3n) is 6.49. The quantitative estimate of drug-likeness (QED) is 0.768. The molecule has 2 aromatic carbocycles. The van der Waals surface area contributed by atoms with E-state index in [1.165, 1.54) is 0 Å². The Hall–Kier alpha value is -1.95. The van der Waals surface area contributed by atoms with Gasteiger partial charge in [0, 0.05) is 31.1 Å². The number of nitrogens with zero attached hydrogens (tertiary/aromatic N) is 1. The summed E-state index contributed by atoms with van der Waals surface area (Å²) in [5.74, 6) is 2.10. The normalized spacial score (nSPS) is 26.4. The van der Waals surface area contributed by atoms with Crippen LogP contribution in [-0.4, -0.2) is 42.4 Å². The molecule has 6 heteroatoms. The van der Waals surface area contributed by atoms with Gasteiger partial charge in [-0.1, -0.05) is 24.3 Å². The summed E-state index contributed by atoms with van der Waals surface area (Å²) in [6.45, 7) is 2.61. The van der Waals surface area contributed by atoms with E-state index in [4.69, 9.17) is 9.47 Å². The summed E-state index contributed by atoms with van der Waals surface area (Å²) in [6, 6.07) is 13.4. The van der Waals surface area contributed by atoms with Gasteiger partial charge in [-0.2, -0.15) is 0 Å². The second-order valence-electron chi connectivity index (χ2n) is 8.08. The standard InChI is InChI=1S/C23H29NO4.ClH/c1-27-21-8-4-3-7-18(21)23(26)11-5-6-17-14-24(15-19(17)23)13-16-9-10-20(25)22(12-16)28-2;/h3-4,7-10,12,17,19,25-26H,5-6,11,13-15H2,1-2H3;1H. The van der Waals surface area contributed by atoms with E-state index in [2.05, 4.69) is 4.90 Å². The van der Waals surface area contributed by atoms with Gasteiger partial charge in [0.25, 0.3) is 0 Å². The molecule has 0 amide bonds. The Morgan fingerprint density at radius 3 is 2.59 bits per heavy atom. The minimum absolute atomic E-state index is 0. The minimum Gasteiger partial charge on any atom is -0.504 e. The predicted octanol–water partition coefficient (Wildman–Crippen LogP) is 3.95. The molecule has 2 aliphatic rings. The molecule has 158 valence electrons. The van der Waals surface area contributed by atoms with Gasteiger partial charge in [0.2, 0.25) is 0 Å². The molecular formula is C23H30ClNO4. The van der Waals surface area contributed by atoms with Crippen molar-refractivity contribution in [1.29, 1.82) is 0 Å². The summed E-state index contributed by atoms with van der Waals surface area (Å²) in [6.07, 6.45) is 2.95. The van der Waals surface area contributed by atoms with Gasteiger partial charge < -0.3 is 19.7 Å². The van der Waals surface area contributed by atoms with Crippen molar-refractivity contribution in [3.05, 3.63) is 53.6 Å². The van der Waals surface area contributed by atoms with Crippen LogP contribution in [0, 0.1) is 11.8 Å². The van der Waals surface area contributed by atoms with Gasteiger partial charge in [0.1, 0.15) is 5.75 Å². The van der Waals surface area contributed by atoms with Gasteiger partial charge in [-0.3, -0.25) is 4.90 Å². The summed E-state index contributed by atoms with van der Waals surface area (Å²) in [5.41, 5.74) is 1.17. The molecule has 2 aromatic rings. The lowest BCUT2D eigenvalue weighted by atomic mass is 9.67. The van der Waals surface area contributed by atoms with Gasteiger partial charge in [-0.05, 0) is 48.9 Å². The number of likely N-dealkylation sites (tertiary alicyclic amines) is 1. The lowest BCUT2D eigenvalue weighted by Crippen LogP contribution is -2.43. The number of benzene rings is 2. The van der Waals surface area contributed by atoms with Gasteiger partial charge in [0.15, 0.2) is 11.5 Å². The van der Waals surface area contributed by atoms with Gasteiger partial charge in [-0.15, -0.1) is 12.4 Å². The summed E-state index contributed by atoms with van der Waals surface area (Å²) in [5, 5.41) is 21.6. The van der Waals surface area contributed by atoms with Crippen LogP contribution in [0.5, 0.6) is 17.2 Å². The summed E-state index contributed by atoms with van der Waals surface area (Å²) >= 11 is 0. The molecule has 1 saturated heterocycles. The zero-order chi connectivity index (χ0) is 19.7. The fourth-order valence-corrected chi connectivity index (χ4v) is 5.16. The average Bonchev–Trinajstić information content (AvgIpc) is 3.13. The van der Waals surface area contributed by atoms with Crippen molar-refractivity contribution in [3.8, 4) is 17.2 Å². The zero-order valence-electron chi connectivity index (χ0n) is 17.0. The van der Waals surface area contributed by atoms with Crippen LogP contribution in [-0.2, 0) is 12.1 Å². The van der Waals surface area contributed by atoms with Crippen LogP contribution < -0.4 is 9.47 Å². The van der Waals surface area contributed by atoms with Crippen LogP contribution >= 0.6 is 12.4 Å². The van der Waals surface area contributed by atoms with Gasteiger partial charge in [-0.25, -0.2) is 0 Å². The van der Waals surface area contributed by atoms with Crippen LogP contribution in [0.1, 0.15) is 30.4 Å². The van der Waals surface area contributed by atoms with E-state index in [-0.39, 0.29) is 24.1 Å². The van der Waals surface area contributed by atoms with E-state index in [9.17, 15) is 10.2 Å². The van der Waals surface area contributed by atoms with Gasteiger partial charge >= 0.3 is 0 Å². The molecule has 0 spiro atoms. The van der Waals surface area contributed by atoms with Crippen molar-refractivity contribution >= 4 is 12.4 Å². The lowest BCUT2D eigenvalue weighted by molar-refractivity contribution is -0.0662. The number of ether oxygens (including phenoxy) is 2. The van der Waals surface area contributed by atoms with Crippen molar-refractivity contribution in [1.82, 2.24) is 4.90 Å². The third-order valence-corrected chi connectivity index (χ3v) is 6.49. The number of phenolic OH excluding ortho intramolecular Hbond substituents is 1. The predicted molar refractivity (Wildman–Crippen MR) is 115 cm³/mol. The number of phenols is 1. The first-order valence-corrected chi connectivity index (χ1v) is 9.99. The number of para-hydroxylation sites is 1. The van der Waals surface area contributed by atoms with E-state index >= 15 is 0 Å². The number of hydrogen-bond acceptors (Lipinski definition) is 5. The largest absolute Gasteiger partial charge is 0.504 e. The second kappa shape index (κ2) is 8.82. The van der Waals surface area contributed by atoms with E-state index in [0.717, 1.165) is 55.8 Å². The zero-order valence-corrected chi connectivity index (χ0v) is 17.8. The highest BCUT2D eigenvalue weighted by Gasteiger charge is 2.50. The molecule has 0 radical (unpaired) electrons. The SMILES string of the molecule is COc1cc(CN2CC3CCCC(O)(c4ccccc4OC)C3C2)ccc1O.Cl. The first-order chi connectivity index (χ1) is 13.5. The molecule has 4 rings (SSSR count). The summed E-state index contributed by atoms with van der Waals surface area (Å²) in [4.78, 5) is 2.41. The molecule has 2 fully saturated rings. The van der Waals surface area contributed by atoms with Gasteiger partial charge in [0.05, 0.1) is 19.8 Å². The maximum atomic E-state index is 11.8. The minimum atomic E-state index is -0.850. The highest BCUT2D eigenvalue weighted by Crippen LogP contribution is 2.50. The molecule has 3 atom stereocenters. The number of methoxy groups -OCH3 is 2. The van der Waals surface area contributed by atoms with E-state index < -0.39 is 5.60 Å². The fraction of sp³-hybridized carbons (Fsp3) is 0.478. The first kappa shape index (κ1) is 21.8. The Kier molecular flexibility index (Phi) is 6.62. The molecule has 0 aromatic heterocycles. The molecule has 1 heterocycles. The smallest absolute Gasteiger partial charge is 0.160 e. The lowest BCUT2D eigenvalue weighted by Gasteiger charge is -2.42. The Morgan fingerprint density at radius 1 is 1.07 bits per heavy atom. The second-order valence-corrected chi connectivity index (χ2v) is 8.08. The van der Waals surface area contributed by atoms with Crippen LogP contribution in [0.3, 0.4) is 0 Å². The number of hydrogen-bond donors (Lipinski definition) is 2. The van der Waals surface area contributed by atoms with Crippen molar-refractivity contribution in [3.63, 3.8) is 0 Å². The van der Waals surface area contributed by atoms with E-state index in [1.807, 2.05) is 36.4 Å². The van der Waals surface area contributed by atoms with E-state index in [0.29, 0.717) is 11.7 Å². The third kappa shape index (κ3) is 4.04. The number of aliphatic hydroxyl groups is 1. The Labute approximate surface area is 178 Å². The van der Waals surface area contributed by atoms with Crippen molar-refractivity contribution in [2.24, 2.45) is 11.8 Å². The molecule has 2 N–H and O–H groups in total. The van der Waals surface area contributed by atoms with Crippen molar-refractivity contribution in [2.45, 2.75) is 31.4 Å². The molecule has 5 nitrogen and oxygen atoms in total. The van der Waals surface area contributed by atoms with Crippen LogP contribution in [0.4, 0.5) is 0 Å². The van der Waals surface area contributed by atoms with E-state index in [1.54, 1.807) is 20.3 Å². The maximum Gasteiger partial charge on any atom is 0.160 e. The molecular weight excluding hydrogens is 390 g/mol. The van der Waals surface area contributed by atoms with Crippen molar-refractivity contribution < 1.29 is 19.7 Å². The summed E-state index contributed by atoms with van der Waals surface area (Å²) in [7, 11) is 3.23. The molecule has 1 aliphatic heterocycles. The highest BCUT2D eigenvalue weighted by molar-refractivity contribution is 5.85. The van der Waals surface area contributed by atoms with Crippen LogP contribution in [0.25, 0.3) is 0 Å². The average molecular weight is 420 g/mol. The van der Waals surface area contributed by atoms with Crippen LogP contribution in [0.15, 0.2) is 42.5 Å². The molecule has 1 saturated carbocycles.